The summed E-state index contributed by atoms with van der Waals surface area (Å²) >= 11 is 13.6. The van der Waals surface area contributed by atoms with Crippen LogP contribution in [0.5, 0.6) is 0 Å². The van der Waals surface area contributed by atoms with Crippen molar-refractivity contribution >= 4 is 61.4 Å². The van der Waals surface area contributed by atoms with Crippen LogP contribution < -0.4 is 4.80 Å². The van der Waals surface area contributed by atoms with Gasteiger partial charge in [0, 0.05) is 10.4 Å². The Kier molecular flexibility index (Phi) is 4.75. The molecule has 1 heterocycles. The highest BCUT2D eigenvalue weighted by Gasteiger charge is 2.13. The maximum atomic E-state index is 12.7. The van der Waals surface area contributed by atoms with E-state index in [0.29, 0.717) is 21.4 Å². The Bertz CT molecular complexity index is 1310. The summed E-state index contributed by atoms with van der Waals surface area (Å²) in [5.41, 5.74) is 1.21. The Morgan fingerprint density at radius 3 is 2.78 bits per heavy atom. The van der Waals surface area contributed by atoms with Gasteiger partial charge in [-0.1, -0.05) is 70.8 Å². The van der Waals surface area contributed by atoms with Gasteiger partial charge in [-0.05, 0) is 29.7 Å². The first-order valence-electron chi connectivity index (χ1n) is 8.07. The van der Waals surface area contributed by atoms with Crippen LogP contribution in [0.15, 0.2) is 59.6 Å². The van der Waals surface area contributed by atoms with Crippen molar-refractivity contribution < 1.29 is 4.79 Å². The van der Waals surface area contributed by atoms with E-state index in [0.717, 1.165) is 21.0 Å². The Hall–Kier alpha value is -2.58. The van der Waals surface area contributed by atoms with Crippen LogP contribution in [0.3, 0.4) is 0 Å². The van der Waals surface area contributed by atoms with Gasteiger partial charge in [0.2, 0.25) is 0 Å². The third-order valence-electron chi connectivity index (χ3n) is 4.18. The second-order valence-corrected chi connectivity index (χ2v) is 7.67. The van der Waals surface area contributed by atoms with E-state index in [9.17, 15) is 4.79 Å². The Balaban J connectivity index is 1.97. The molecule has 6 heteroatoms. The van der Waals surface area contributed by atoms with Crippen molar-refractivity contribution in [1.29, 1.82) is 0 Å². The molecule has 1 aromatic heterocycles. The molecule has 0 aliphatic carbocycles. The lowest BCUT2D eigenvalue weighted by atomic mass is 10.1. The van der Waals surface area contributed by atoms with Crippen molar-refractivity contribution in [3.05, 3.63) is 75.0 Å². The van der Waals surface area contributed by atoms with Crippen LogP contribution in [0.2, 0.25) is 10.0 Å². The Labute approximate surface area is 169 Å². The van der Waals surface area contributed by atoms with Crippen molar-refractivity contribution in [2.24, 2.45) is 4.99 Å². The zero-order chi connectivity index (χ0) is 19.0. The molecule has 0 fully saturated rings. The van der Waals surface area contributed by atoms with Crippen molar-refractivity contribution in [3.8, 4) is 12.3 Å². The molecule has 27 heavy (non-hydrogen) atoms. The highest BCUT2D eigenvalue weighted by atomic mass is 35.5. The van der Waals surface area contributed by atoms with Gasteiger partial charge in [0.25, 0.3) is 5.91 Å². The number of terminal acetylenes is 1. The van der Waals surface area contributed by atoms with Crippen molar-refractivity contribution in [3.63, 3.8) is 0 Å². The van der Waals surface area contributed by atoms with E-state index in [-0.39, 0.29) is 5.56 Å². The highest BCUT2D eigenvalue weighted by molar-refractivity contribution is 7.17. The largest absolute Gasteiger partial charge is 0.305 e. The quantitative estimate of drug-likeness (QED) is 0.399. The van der Waals surface area contributed by atoms with Gasteiger partial charge in [-0.15, -0.1) is 6.42 Å². The molecule has 0 aliphatic rings. The molecule has 0 unspecified atom stereocenters. The second kappa shape index (κ2) is 7.21. The normalized spacial score (nSPS) is 11.8. The number of amides is 1. The van der Waals surface area contributed by atoms with Gasteiger partial charge >= 0.3 is 0 Å². The summed E-state index contributed by atoms with van der Waals surface area (Å²) in [5.74, 6) is 2.18. The molecular weight excluding hydrogens is 399 g/mol. The standard InChI is InChI=1S/C21H12Cl2N2OS/c1-2-11-25-18-10-7-13-5-3-4-6-15(13)19(18)27-21(25)24-20(26)16-12-14(22)8-9-17(16)23/h1,3-10,12H,11H2. The van der Waals surface area contributed by atoms with Crippen LogP contribution >= 0.6 is 34.5 Å². The summed E-state index contributed by atoms with van der Waals surface area (Å²) in [4.78, 5) is 17.5. The Morgan fingerprint density at radius 2 is 1.96 bits per heavy atom. The predicted octanol–water partition coefficient (Wildman–Crippen LogP) is 5.54. The van der Waals surface area contributed by atoms with E-state index in [1.54, 1.807) is 12.1 Å². The monoisotopic (exact) mass is 410 g/mol. The molecule has 0 saturated heterocycles. The first-order valence-corrected chi connectivity index (χ1v) is 9.64. The number of fused-ring (bicyclic) bond motifs is 3. The average Bonchev–Trinajstić information content (AvgIpc) is 3.01. The first-order chi connectivity index (χ1) is 13.1. The lowest BCUT2D eigenvalue weighted by Crippen LogP contribution is -2.16. The molecule has 132 valence electrons. The van der Waals surface area contributed by atoms with E-state index in [2.05, 4.69) is 10.9 Å². The summed E-state index contributed by atoms with van der Waals surface area (Å²) in [6, 6.07) is 16.9. The van der Waals surface area contributed by atoms with Gasteiger partial charge in [0.15, 0.2) is 4.80 Å². The number of carbonyl (C=O) groups is 1. The van der Waals surface area contributed by atoms with Crippen molar-refractivity contribution in [1.82, 2.24) is 4.57 Å². The van der Waals surface area contributed by atoms with Crippen molar-refractivity contribution in [2.75, 3.05) is 0 Å². The number of hydrogen-bond donors (Lipinski definition) is 0. The number of thiazole rings is 1. The molecule has 3 nitrogen and oxygen atoms in total. The number of rotatable bonds is 2. The van der Waals surface area contributed by atoms with Gasteiger partial charge in [0.05, 0.1) is 27.3 Å². The number of halogens is 2. The zero-order valence-electron chi connectivity index (χ0n) is 13.9. The van der Waals surface area contributed by atoms with E-state index < -0.39 is 5.91 Å². The van der Waals surface area contributed by atoms with Crippen LogP contribution in [-0.2, 0) is 6.54 Å². The van der Waals surface area contributed by atoms with Crippen LogP contribution in [-0.4, -0.2) is 10.5 Å². The van der Waals surface area contributed by atoms with E-state index >= 15 is 0 Å². The summed E-state index contributed by atoms with van der Waals surface area (Å²) in [6.45, 7) is 0.313. The molecular formula is C21H12Cl2N2OS. The number of aromatic nitrogens is 1. The highest BCUT2D eigenvalue weighted by Crippen LogP contribution is 2.28. The smallest absolute Gasteiger partial charge is 0.281 e. The zero-order valence-corrected chi connectivity index (χ0v) is 16.3. The lowest BCUT2D eigenvalue weighted by molar-refractivity contribution is 0.0998. The van der Waals surface area contributed by atoms with E-state index in [1.807, 2.05) is 41.0 Å². The summed E-state index contributed by atoms with van der Waals surface area (Å²) in [5, 5.41) is 2.95. The van der Waals surface area contributed by atoms with Gasteiger partial charge in [0.1, 0.15) is 0 Å². The van der Waals surface area contributed by atoms with Gasteiger partial charge in [-0.2, -0.15) is 4.99 Å². The number of nitrogens with zero attached hydrogens (tertiary/aromatic N) is 2. The molecule has 0 N–H and O–H groups in total. The number of hydrogen-bond acceptors (Lipinski definition) is 2. The molecule has 1 amide bonds. The van der Waals surface area contributed by atoms with Crippen LogP contribution in [0.25, 0.3) is 21.0 Å². The van der Waals surface area contributed by atoms with E-state index in [4.69, 9.17) is 29.6 Å². The summed E-state index contributed by atoms with van der Waals surface area (Å²) in [7, 11) is 0. The molecule has 0 bridgehead atoms. The molecule has 0 spiro atoms. The predicted molar refractivity (Wildman–Crippen MR) is 113 cm³/mol. The van der Waals surface area contributed by atoms with E-state index in [1.165, 1.54) is 17.4 Å². The van der Waals surface area contributed by atoms with Gasteiger partial charge in [-0.25, -0.2) is 0 Å². The minimum absolute atomic E-state index is 0.263. The molecule has 0 radical (unpaired) electrons. The number of benzene rings is 3. The fourth-order valence-electron chi connectivity index (χ4n) is 2.94. The average molecular weight is 411 g/mol. The molecule has 4 rings (SSSR count). The Morgan fingerprint density at radius 1 is 1.15 bits per heavy atom. The maximum Gasteiger partial charge on any atom is 0.281 e. The second-order valence-electron chi connectivity index (χ2n) is 5.85. The fourth-order valence-corrected chi connectivity index (χ4v) is 4.47. The number of carbonyl (C=O) groups excluding carboxylic acids is 1. The van der Waals surface area contributed by atoms with Crippen LogP contribution in [0, 0.1) is 12.3 Å². The minimum Gasteiger partial charge on any atom is -0.305 e. The summed E-state index contributed by atoms with van der Waals surface area (Å²) in [6.07, 6.45) is 5.55. The molecule has 0 saturated carbocycles. The minimum atomic E-state index is -0.455. The topological polar surface area (TPSA) is 34.4 Å². The molecule has 4 aromatic rings. The fraction of sp³-hybridized carbons (Fsp3) is 0.0476. The summed E-state index contributed by atoms with van der Waals surface area (Å²) < 4.78 is 2.90. The van der Waals surface area contributed by atoms with Gasteiger partial charge in [-0.3, -0.25) is 4.79 Å². The SMILES string of the molecule is C#CCn1c(=NC(=O)c2cc(Cl)ccc2Cl)sc2c3ccccc3ccc21. The first kappa shape index (κ1) is 17.8. The maximum absolute atomic E-state index is 12.7. The van der Waals surface area contributed by atoms with Gasteiger partial charge < -0.3 is 4.57 Å². The molecule has 0 aliphatic heterocycles. The van der Waals surface area contributed by atoms with Crippen LogP contribution in [0.1, 0.15) is 10.4 Å². The lowest BCUT2D eigenvalue weighted by Gasteiger charge is -2.02. The van der Waals surface area contributed by atoms with Crippen LogP contribution in [0.4, 0.5) is 0 Å². The molecule has 0 atom stereocenters. The third-order valence-corrected chi connectivity index (χ3v) is 5.87. The van der Waals surface area contributed by atoms with Crippen molar-refractivity contribution in [2.45, 2.75) is 6.54 Å². The molecule has 3 aromatic carbocycles. The third kappa shape index (κ3) is 3.26.